The Kier molecular flexibility index (Phi) is 0.695. The van der Waals surface area contributed by atoms with Gasteiger partial charge in [0, 0.05) is 0 Å². The van der Waals surface area contributed by atoms with Crippen LogP contribution < -0.4 is 0 Å². The molecular formula is C9H16. The molecule has 2 rings (SSSR count). The van der Waals surface area contributed by atoms with Gasteiger partial charge in [0.05, 0.1) is 0 Å². The molecule has 0 heteroatoms. The zero-order valence-electron chi connectivity index (χ0n) is 6.86. The van der Waals surface area contributed by atoms with E-state index < -0.39 is 0 Å². The number of rotatable bonds is 0. The molecule has 2 aliphatic rings. The highest BCUT2D eigenvalue weighted by molar-refractivity contribution is 5.23. The molecule has 2 aliphatic carbocycles. The van der Waals surface area contributed by atoms with Gasteiger partial charge in [-0.1, -0.05) is 27.7 Å². The second-order valence-electron chi connectivity index (χ2n) is 4.80. The van der Waals surface area contributed by atoms with Crippen LogP contribution in [0.5, 0.6) is 0 Å². The van der Waals surface area contributed by atoms with Crippen LogP contribution in [0.4, 0.5) is 0 Å². The quantitative estimate of drug-likeness (QED) is 0.465. The molecule has 0 bridgehead atoms. The highest BCUT2D eigenvalue weighted by atomic mass is 14.8. The fourth-order valence-electron chi connectivity index (χ4n) is 3.47. The summed E-state index contributed by atoms with van der Waals surface area (Å²) in [6.45, 7) is 9.67. The third kappa shape index (κ3) is 0.367. The molecule has 0 amide bonds. The van der Waals surface area contributed by atoms with Crippen molar-refractivity contribution in [3.05, 3.63) is 0 Å². The van der Waals surface area contributed by atoms with Gasteiger partial charge in [-0.2, -0.15) is 0 Å². The molecule has 0 aromatic rings. The zero-order valence-corrected chi connectivity index (χ0v) is 6.86. The average molecular weight is 124 g/mol. The molecule has 3 unspecified atom stereocenters. The molecule has 0 spiro atoms. The van der Waals surface area contributed by atoms with Crippen LogP contribution in [0.3, 0.4) is 0 Å². The molecule has 2 fully saturated rings. The largest absolute Gasteiger partial charge is 0.0622 e. The van der Waals surface area contributed by atoms with Crippen LogP contribution in [-0.2, 0) is 0 Å². The van der Waals surface area contributed by atoms with Crippen LogP contribution in [-0.4, -0.2) is 0 Å². The van der Waals surface area contributed by atoms with Crippen molar-refractivity contribution in [1.82, 2.24) is 0 Å². The Hall–Kier alpha value is 0. The fraction of sp³-hybridized carbons (Fsp3) is 1.00. The molecule has 0 aromatic heterocycles. The standard InChI is InChI=1S/C9H16/c1-6-5-9(4)7(6)8(9,2)3/h6-7H,5H2,1-4H3. The summed E-state index contributed by atoms with van der Waals surface area (Å²) in [7, 11) is 0. The van der Waals surface area contributed by atoms with Crippen molar-refractivity contribution < 1.29 is 0 Å². The molecular weight excluding hydrogens is 108 g/mol. The van der Waals surface area contributed by atoms with E-state index in [4.69, 9.17) is 0 Å². The van der Waals surface area contributed by atoms with Gasteiger partial charge in [-0.05, 0) is 29.1 Å². The van der Waals surface area contributed by atoms with Crippen LogP contribution >= 0.6 is 0 Å². The Balaban J connectivity index is 2.23. The number of hydrogen-bond acceptors (Lipinski definition) is 0. The lowest BCUT2D eigenvalue weighted by Gasteiger charge is -2.28. The Morgan fingerprint density at radius 2 is 1.78 bits per heavy atom. The van der Waals surface area contributed by atoms with Crippen molar-refractivity contribution >= 4 is 0 Å². The van der Waals surface area contributed by atoms with Gasteiger partial charge in [-0.15, -0.1) is 0 Å². The van der Waals surface area contributed by atoms with Crippen LogP contribution in [0.1, 0.15) is 34.1 Å². The Labute approximate surface area is 57.6 Å². The van der Waals surface area contributed by atoms with Gasteiger partial charge in [0.1, 0.15) is 0 Å². The van der Waals surface area contributed by atoms with E-state index in [1.165, 1.54) is 6.42 Å². The van der Waals surface area contributed by atoms with Crippen molar-refractivity contribution in [2.75, 3.05) is 0 Å². The first-order valence-corrected chi connectivity index (χ1v) is 4.00. The SMILES string of the molecule is CC1CC2(C)C1C2(C)C. The average Bonchev–Trinajstić information content (AvgIpc) is 1.94. The molecule has 0 aliphatic heterocycles. The summed E-state index contributed by atoms with van der Waals surface area (Å²) in [6, 6.07) is 0. The summed E-state index contributed by atoms with van der Waals surface area (Å²) in [6.07, 6.45) is 1.48. The lowest BCUT2D eigenvalue weighted by atomic mass is 9.77. The minimum Gasteiger partial charge on any atom is -0.0622 e. The van der Waals surface area contributed by atoms with E-state index in [0.717, 1.165) is 17.3 Å². The van der Waals surface area contributed by atoms with Crippen LogP contribution in [0.15, 0.2) is 0 Å². The normalized spacial score (nSPS) is 60.0. The summed E-state index contributed by atoms with van der Waals surface area (Å²) in [4.78, 5) is 0. The molecule has 0 N–H and O–H groups in total. The third-order valence-electron chi connectivity index (χ3n) is 4.17. The van der Waals surface area contributed by atoms with Crippen molar-refractivity contribution in [2.45, 2.75) is 34.1 Å². The smallest absolute Gasteiger partial charge is 0.0233 e. The summed E-state index contributed by atoms with van der Waals surface area (Å²) in [5, 5.41) is 0. The van der Waals surface area contributed by atoms with Crippen molar-refractivity contribution in [1.29, 1.82) is 0 Å². The van der Waals surface area contributed by atoms with Crippen molar-refractivity contribution in [3.63, 3.8) is 0 Å². The minimum atomic E-state index is 0.687. The number of fused-ring (bicyclic) bond motifs is 1. The lowest BCUT2D eigenvalue weighted by Crippen LogP contribution is -2.20. The summed E-state index contributed by atoms with van der Waals surface area (Å²) >= 11 is 0. The van der Waals surface area contributed by atoms with Crippen molar-refractivity contribution in [2.24, 2.45) is 22.7 Å². The number of hydrogen-bond donors (Lipinski definition) is 0. The van der Waals surface area contributed by atoms with E-state index in [-0.39, 0.29) is 0 Å². The molecule has 2 saturated carbocycles. The maximum Gasteiger partial charge on any atom is -0.0233 e. The van der Waals surface area contributed by atoms with Crippen LogP contribution in [0.25, 0.3) is 0 Å². The van der Waals surface area contributed by atoms with E-state index in [1.54, 1.807) is 0 Å². The molecule has 0 heterocycles. The Bertz CT molecular complexity index is 148. The molecule has 3 atom stereocenters. The van der Waals surface area contributed by atoms with Gasteiger partial charge < -0.3 is 0 Å². The second kappa shape index (κ2) is 1.09. The zero-order chi connectivity index (χ0) is 6.86. The van der Waals surface area contributed by atoms with Gasteiger partial charge in [0.15, 0.2) is 0 Å². The molecule has 0 nitrogen and oxygen atoms in total. The summed E-state index contributed by atoms with van der Waals surface area (Å²) < 4.78 is 0. The molecule has 9 heavy (non-hydrogen) atoms. The van der Waals surface area contributed by atoms with Gasteiger partial charge in [-0.25, -0.2) is 0 Å². The predicted octanol–water partition coefficient (Wildman–Crippen LogP) is 2.69. The van der Waals surface area contributed by atoms with Crippen LogP contribution in [0.2, 0.25) is 0 Å². The summed E-state index contributed by atoms with van der Waals surface area (Å²) in [5.74, 6) is 2.08. The van der Waals surface area contributed by atoms with Gasteiger partial charge in [0.25, 0.3) is 0 Å². The fourth-order valence-corrected chi connectivity index (χ4v) is 3.47. The van der Waals surface area contributed by atoms with E-state index in [1.807, 2.05) is 0 Å². The van der Waals surface area contributed by atoms with E-state index in [9.17, 15) is 0 Å². The third-order valence-corrected chi connectivity index (χ3v) is 4.17. The monoisotopic (exact) mass is 124 g/mol. The molecule has 0 saturated heterocycles. The Morgan fingerprint density at radius 1 is 1.22 bits per heavy atom. The summed E-state index contributed by atoms with van der Waals surface area (Å²) in [5.41, 5.74) is 1.44. The van der Waals surface area contributed by atoms with Gasteiger partial charge in [0.2, 0.25) is 0 Å². The first kappa shape index (κ1) is 5.76. The maximum atomic E-state index is 2.44. The first-order chi connectivity index (χ1) is 4.00. The van der Waals surface area contributed by atoms with E-state index >= 15 is 0 Å². The first-order valence-electron chi connectivity index (χ1n) is 4.00. The van der Waals surface area contributed by atoms with Crippen LogP contribution in [0, 0.1) is 22.7 Å². The highest BCUT2D eigenvalue weighted by Crippen LogP contribution is 2.82. The van der Waals surface area contributed by atoms with Gasteiger partial charge in [-0.3, -0.25) is 0 Å². The lowest BCUT2D eigenvalue weighted by molar-refractivity contribution is 0.215. The predicted molar refractivity (Wildman–Crippen MR) is 39.2 cm³/mol. The van der Waals surface area contributed by atoms with E-state index in [2.05, 4.69) is 27.7 Å². The topological polar surface area (TPSA) is 0 Å². The maximum absolute atomic E-state index is 2.44. The minimum absolute atomic E-state index is 0.687. The van der Waals surface area contributed by atoms with Crippen molar-refractivity contribution in [3.8, 4) is 0 Å². The second-order valence-corrected chi connectivity index (χ2v) is 4.80. The van der Waals surface area contributed by atoms with E-state index in [0.29, 0.717) is 5.41 Å². The van der Waals surface area contributed by atoms with Gasteiger partial charge >= 0.3 is 0 Å². The Morgan fingerprint density at radius 3 is 1.78 bits per heavy atom. The molecule has 0 radical (unpaired) electrons. The molecule has 0 aromatic carbocycles. The highest BCUT2D eigenvalue weighted by Gasteiger charge is 2.75. The molecule has 52 valence electrons.